The van der Waals surface area contributed by atoms with Gasteiger partial charge < -0.3 is 14.6 Å². The Bertz CT molecular complexity index is 592. The fourth-order valence-corrected chi connectivity index (χ4v) is 2.68. The van der Waals surface area contributed by atoms with Gasteiger partial charge >= 0.3 is 0 Å². The van der Waals surface area contributed by atoms with E-state index in [1.165, 1.54) is 5.56 Å². The first-order valence-electron chi connectivity index (χ1n) is 6.83. The zero-order valence-electron chi connectivity index (χ0n) is 11.5. The standard InChI is InChI=1S/C16H18N2O2/c1-18(10-12-7-9-20-11-12)16(19)15-14-5-3-2-4-13(14)6-8-17-15/h2-5,7,9,11,15,17H,6,8,10H2,1H3. The number of nitrogens with zero attached hydrogens (tertiary/aromatic N) is 1. The number of rotatable bonds is 3. The van der Waals surface area contributed by atoms with Crippen molar-refractivity contribution >= 4 is 5.91 Å². The zero-order chi connectivity index (χ0) is 13.9. The minimum atomic E-state index is -0.239. The first-order valence-corrected chi connectivity index (χ1v) is 6.83. The van der Waals surface area contributed by atoms with Crippen LogP contribution in [-0.4, -0.2) is 24.4 Å². The maximum atomic E-state index is 12.6. The molecule has 0 fully saturated rings. The highest BCUT2D eigenvalue weighted by Crippen LogP contribution is 2.24. The highest BCUT2D eigenvalue weighted by Gasteiger charge is 2.28. The summed E-state index contributed by atoms with van der Waals surface area (Å²) in [5.74, 6) is 0.0957. The average molecular weight is 270 g/mol. The van der Waals surface area contributed by atoms with Crippen molar-refractivity contribution < 1.29 is 9.21 Å². The molecule has 1 aliphatic heterocycles. The Morgan fingerprint density at radius 2 is 2.25 bits per heavy atom. The lowest BCUT2D eigenvalue weighted by atomic mass is 9.93. The number of fused-ring (bicyclic) bond motifs is 1. The predicted molar refractivity (Wildman–Crippen MR) is 76.1 cm³/mol. The van der Waals surface area contributed by atoms with Crippen molar-refractivity contribution in [3.8, 4) is 0 Å². The molecule has 0 radical (unpaired) electrons. The third-order valence-electron chi connectivity index (χ3n) is 3.73. The molecule has 3 rings (SSSR count). The largest absolute Gasteiger partial charge is 0.472 e. The van der Waals surface area contributed by atoms with E-state index in [2.05, 4.69) is 11.4 Å². The van der Waals surface area contributed by atoms with Gasteiger partial charge in [0.1, 0.15) is 6.04 Å². The van der Waals surface area contributed by atoms with Crippen molar-refractivity contribution in [2.45, 2.75) is 19.0 Å². The van der Waals surface area contributed by atoms with Crippen molar-refractivity contribution in [3.05, 3.63) is 59.5 Å². The molecule has 1 amide bonds. The average Bonchev–Trinajstić information content (AvgIpc) is 2.99. The minimum absolute atomic E-state index is 0.0957. The molecule has 1 aromatic heterocycles. The Balaban J connectivity index is 1.77. The van der Waals surface area contributed by atoms with E-state index >= 15 is 0 Å². The van der Waals surface area contributed by atoms with Gasteiger partial charge in [-0.05, 0) is 23.6 Å². The van der Waals surface area contributed by atoms with Gasteiger partial charge in [-0.3, -0.25) is 4.79 Å². The molecule has 1 atom stereocenters. The number of nitrogens with one attached hydrogen (secondary N) is 1. The van der Waals surface area contributed by atoms with E-state index in [0.717, 1.165) is 24.1 Å². The van der Waals surface area contributed by atoms with Gasteiger partial charge in [0.05, 0.1) is 12.5 Å². The number of carbonyl (C=O) groups is 1. The van der Waals surface area contributed by atoms with Crippen molar-refractivity contribution in [1.82, 2.24) is 10.2 Å². The van der Waals surface area contributed by atoms with Gasteiger partial charge in [0.2, 0.25) is 5.91 Å². The summed E-state index contributed by atoms with van der Waals surface area (Å²) < 4.78 is 5.04. The van der Waals surface area contributed by atoms with E-state index in [-0.39, 0.29) is 11.9 Å². The number of benzene rings is 1. The fraction of sp³-hybridized carbons (Fsp3) is 0.312. The second-order valence-electron chi connectivity index (χ2n) is 5.16. The lowest BCUT2D eigenvalue weighted by molar-refractivity contribution is -0.133. The number of carbonyl (C=O) groups excluding carboxylic acids is 1. The smallest absolute Gasteiger partial charge is 0.244 e. The van der Waals surface area contributed by atoms with E-state index in [0.29, 0.717) is 6.54 Å². The van der Waals surface area contributed by atoms with E-state index in [1.54, 1.807) is 17.4 Å². The van der Waals surface area contributed by atoms with Crippen molar-refractivity contribution in [2.24, 2.45) is 0 Å². The topological polar surface area (TPSA) is 45.5 Å². The first kappa shape index (κ1) is 12.9. The summed E-state index contributed by atoms with van der Waals surface area (Å²) in [6, 6.07) is 9.80. The summed E-state index contributed by atoms with van der Waals surface area (Å²) in [5.41, 5.74) is 3.37. The van der Waals surface area contributed by atoms with Crippen LogP contribution in [0.1, 0.15) is 22.7 Å². The lowest BCUT2D eigenvalue weighted by Gasteiger charge is -2.29. The molecule has 20 heavy (non-hydrogen) atoms. The molecule has 1 unspecified atom stereocenters. The Kier molecular flexibility index (Phi) is 3.56. The molecule has 0 bridgehead atoms. The molecule has 4 nitrogen and oxygen atoms in total. The van der Waals surface area contributed by atoms with E-state index in [1.807, 2.05) is 31.3 Å². The molecule has 1 aromatic carbocycles. The highest BCUT2D eigenvalue weighted by molar-refractivity contribution is 5.83. The minimum Gasteiger partial charge on any atom is -0.472 e. The maximum Gasteiger partial charge on any atom is 0.244 e. The normalized spacial score (nSPS) is 17.6. The van der Waals surface area contributed by atoms with Crippen LogP contribution in [0, 0.1) is 0 Å². The molecule has 0 aliphatic carbocycles. The Morgan fingerprint density at radius 1 is 1.40 bits per heavy atom. The molecule has 2 heterocycles. The van der Waals surface area contributed by atoms with Gasteiger partial charge in [0, 0.05) is 25.7 Å². The summed E-state index contributed by atoms with van der Waals surface area (Å²) in [5, 5.41) is 3.32. The van der Waals surface area contributed by atoms with Crippen LogP contribution in [0.4, 0.5) is 0 Å². The van der Waals surface area contributed by atoms with E-state index in [9.17, 15) is 4.79 Å². The SMILES string of the molecule is CN(Cc1ccoc1)C(=O)C1NCCc2ccccc21. The molecular weight excluding hydrogens is 252 g/mol. The lowest BCUT2D eigenvalue weighted by Crippen LogP contribution is -2.41. The van der Waals surface area contributed by atoms with Crippen molar-refractivity contribution in [3.63, 3.8) is 0 Å². The van der Waals surface area contributed by atoms with Gasteiger partial charge in [-0.15, -0.1) is 0 Å². The summed E-state index contributed by atoms with van der Waals surface area (Å²) >= 11 is 0. The summed E-state index contributed by atoms with van der Waals surface area (Å²) in [7, 11) is 1.83. The van der Waals surface area contributed by atoms with Crippen LogP contribution in [0.25, 0.3) is 0 Å². The Hall–Kier alpha value is -2.07. The van der Waals surface area contributed by atoms with Crippen LogP contribution in [0.5, 0.6) is 0 Å². The van der Waals surface area contributed by atoms with Crippen LogP contribution >= 0.6 is 0 Å². The van der Waals surface area contributed by atoms with E-state index in [4.69, 9.17) is 4.42 Å². The molecular formula is C16H18N2O2. The second kappa shape index (κ2) is 5.51. The van der Waals surface area contributed by atoms with Crippen LogP contribution in [0.3, 0.4) is 0 Å². The van der Waals surface area contributed by atoms with Gasteiger partial charge in [0.25, 0.3) is 0 Å². The number of likely N-dealkylation sites (N-methyl/N-ethyl adjacent to an activating group) is 1. The molecule has 1 aliphatic rings. The second-order valence-corrected chi connectivity index (χ2v) is 5.16. The highest BCUT2D eigenvalue weighted by atomic mass is 16.3. The number of hydrogen-bond donors (Lipinski definition) is 1. The third-order valence-corrected chi connectivity index (χ3v) is 3.73. The maximum absolute atomic E-state index is 12.6. The monoisotopic (exact) mass is 270 g/mol. The van der Waals surface area contributed by atoms with E-state index < -0.39 is 0 Å². The van der Waals surface area contributed by atoms with Crippen LogP contribution in [0.15, 0.2) is 47.3 Å². The first-order chi connectivity index (χ1) is 9.75. The van der Waals surface area contributed by atoms with Crippen LogP contribution in [-0.2, 0) is 17.8 Å². The molecule has 0 spiro atoms. The van der Waals surface area contributed by atoms with Crippen LogP contribution in [0.2, 0.25) is 0 Å². The van der Waals surface area contributed by atoms with Crippen molar-refractivity contribution in [1.29, 1.82) is 0 Å². The fourth-order valence-electron chi connectivity index (χ4n) is 2.68. The zero-order valence-corrected chi connectivity index (χ0v) is 11.5. The van der Waals surface area contributed by atoms with Gasteiger partial charge in [-0.2, -0.15) is 0 Å². The van der Waals surface area contributed by atoms with Crippen molar-refractivity contribution in [2.75, 3.05) is 13.6 Å². The summed E-state index contributed by atoms with van der Waals surface area (Å²) in [6.45, 7) is 1.41. The van der Waals surface area contributed by atoms with Crippen LogP contribution < -0.4 is 5.32 Å². The third kappa shape index (κ3) is 2.47. The number of amides is 1. The predicted octanol–water partition coefficient (Wildman–Crippen LogP) is 2.12. The van der Waals surface area contributed by atoms with Gasteiger partial charge in [-0.1, -0.05) is 24.3 Å². The number of hydrogen-bond acceptors (Lipinski definition) is 3. The number of furan rings is 1. The molecule has 0 saturated carbocycles. The molecule has 2 aromatic rings. The van der Waals surface area contributed by atoms with Gasteiger partial charge in [-0.25, -0.2) is 0 Å². The van der Waals surface area contributed by atoms with Gasteiger partial charge in [0.15, 0.2) is 0 Å². The molecule has 104 valence electrons. The molecule has 0 saturated heterocycles. The quantitative estimate of drug-likeness (QED) is 0.929. The summed E-state index contributed by atoms with van der Waals surface area (Å²) in [4.78, 5) is 14.4. The Morgan fingerprint density at radius 3 is 3.05 bits per heavy atom. The summed E-state index contributed by atoms with van der Waals surface area (Å²) in [6.07, 6.45) is 4.28. The molecule has 4 heteroatoms. The Labute approximate surface area is 118 Å². The molecule has 1 N–H and O–H groups in total.